The second-order valence-electron chi connectivity index (χ2n) is 2.40. The van der Waals surface area contributed by atoms with Gasteiger partial charge in [-0.1, -0.05) is 0 Å². The maximum atomic E-state index is 12.6. The lowest BCUT2D eigenvalue weighted by Gasteiger charge is -2.05. The summed E-state index contributed by atoms with van der Waals surface area (Å²) in [6.07, 6.45) is -2.80. The first-order valence-electron chi connectivity index (χ1n) is 3.41. The van der Waals surface area contributed by atoms with E-state index in [-0.39, 0.29) is 11.3 Å². The van der Waals surface area contributed by atoms with Gasteiger partial charge >= 0.3 is 0 Å². The Morgan fingerprint density at radius 3 is 2.62 bits per heavy atom. The Hall–Kier alpha value is -1.57. The Labute approximate surface area is 72.6 Å². The van der Waals surface area contributed by atoms with Crippen LogP contribution in [-0.2, 0) is 0 Å². The van der Waals surface area contributed by atoms with Crippen molar-refractivity contribution in [1.29, 1.82) is 5.26 Å². The molecular formula is C8H5F3N2. The highest BCUT2D eigenvalue weighted by molar-refractivity contribution is 5.39. The van der Waals surface area contributed by atoms with Crippen molar-refractivity contribution < 1.29 is 13.2 Å². The van der Waals surface area contributed by atoms with Crippen molar-refractivity contribution in [2.75, 3.05) is 0 Å². The Morgan fingerprint density at radius 2 is 2.15 bits per heavy atom. The zero-order valence-electron chi connectivity index (χ0n) is 6.68. The maximum Gasteiger partial charge on any atom is 0.266 e. The fourth-order valence-corrected chi connectivity index (χ4v) is 1.01. The fraction of sp³-hybridized carbons (Fsp3) is 0.250. The van der Waals surface area contributed by atoms with Gasteiger partial charge in [0.15, 0.2) is 0 Å². The molecule has 0 saturated heterocycles. The normalized spacial score (nSPS) is 10.2. The zero-order valence-corrected chi connectivity index (χ0v) is 6.68. The molecule has 5 heteroatoms. The van der Waals surface area contributed by atoms with Crippen LogP contribution in [-0.4, -0.2) is 4.98 Å². The van der Waals surface area contributed by atoms with E-state index in [1.165, 1.54) is 13.0 Å². The predicted octanol–water partition coefficient (Wildman–Crippen LogP) is 2.34. The molecule has 0 unspecified atom stereocenters. The molecule has 0 N–H and O–H groups in total. The Kier molecular flexibility index (Phi) is 2.52. The Balaban J connectivity index is 3.41. The number of hydrogen-bond acceptors (Lipinski definition) is 2. The smallest absolute Gasteiger partial charge is 0.225 e. The first-order chi connectivity index (χ1) is 6.06. The van der Waals surface area contributed by atoms with E-state index in [0.717, 1.165) is 0 Å². The van der Waals surface area contributed by atoms with Crippen LogP contribution in [0.3, 0.4) is 0 Å². The van der Waals surface area contributed by atoms with Gasteiger partial charge < -0.3 is 0 Å². The number of aromatic nitrogens is 1. The number of pyridine rings is 1. The highest BCUT2D eigenvalue weighted by atomic mass is 19.3. The lowest BCUT2D eigenvalue weighted by Crippen LogP contribution is -2.00. The van der Waals surface area contributed by atoms with E-state index in [1.54, 1.807) is 0 Å². The highest BCUT2D eigenvalue weighted by Crippen LogP contribution is 2.25. The quantitative estimate of drug-likeness (QED) is 0.631. The maximum absolute atomic E-state index is 12.6. The molecule has 1 rings (SSSR count). The van der Waals surface area contributed by atoms with Gasteiger partial charge in [-0.25, -0.2) is 13.8 Å². The number of aryl methyl sites for hydroxylation is 1. The van der Waals surface area contributed by atoms with E-state index in [1.807, 2.05) is 0 Å². The molecule has 0 aliphatic rings. The summed E-state index contributed by atoms with van der Waals surface area (Å²) in [5.41, 5.74) is -1.00. The lowest BCUT2D eigenvalue weighted by molar-refractivity contribution is 0.149. The van der Waals surface area contributed by atoms with Gasteiger partial charge in [0.25, 0.3) is 6.43 Å². The van der Waals surface area contributed by atoms with Gasteiger partial charge in [0.1, 0.15) is 0 Å². The number of alkyl halides is 2. The molecule has 13 heavy (non-hydrogen) atoms. The molecule has 1 heterocycles. The second kappa shape index (κ2) is 3.44. The molecule has 2 nitrogen and oxygen atoms in total. The summed E-state index contributed by atoms with van der Waals surface area (Å²) in [5, 5.41) is 8.44. The van der Waals surface area contributed by atoms with Gasteiger partial charge in [-0.05, 0) is 6.92 Å². The topological polar surface area (TPSA) is 36.7 Å². The van der Waals surface area contributed by atoms with Gasteiger partial charge in [0, 0.05) is 6.07 Å². The van der Waals surface area contributed by atoms with Crippen LogP contribution in [0.15, 0.2) is 6.07 Å². The van der Waals surface area contributed by atoms with Crippen LogP contribution in [0, 0.1) is 24.2 Å². The van der Waals surface area contributed by atoms with Crippen molar-refractivity contribution in [3.63, 3.8) is 0 Å². The SMILES string of the molecule is Cc1nc(F)cc(C#N)c1C(F)F. The molecular weight excluding hydrogens is 181 g/mol. The summed E-state index contributed by atoms with van der Waals surface area (Å²) in [6.45, 7) is 1.24. The third-order valence-electron chi connectivity index (χ3n) is 1.56. The van der Waals surface area contributed by atoms with Crippen molar-refractivity contribution in [3.05, 3.63) is 28.8 Å². The lowest BCUT2D eigenvalue weighted by atomic mass is 10.1. The molecule has 0 atom stereocenters. The van der Waals surface area contributed by atoms with Gasteiger partial charge in [-0.3, -0.25) is 0 Å². The van der Waals surface area contributed by atoms with Crippen LogP contribution in [0.1, 0.15) is 23.2 Å². The van der Waals surface area contributed by atoms with Crippen LogP contribution in [0.5, 0.6) is 0 Å². The fourth-order valence-electron chi connectivity index (χ4n) is 1.01. The monoisotopic (exact) mass is 186 g/mol. The molecule has 0 aliphatic carbocycles. The van der Waals surface area contributed by atoms with Gasteiger partial charge in [-0.15, -0.1) is 0 Å². The van der Waals surface area contributed by atoms with E-state index in [4.69, 9.17) is 5.26 Å². The molecule has 0 fully saturated rings. The van der Waals surface area contributed by atoms with Gasteiger partial charge in [0.05, 0.1) is 22.9 Å². The van der Waals surface area contributed by atoms with Crippen molar-refractivity contribution >= 4 is 0 Å². The molecule has 0 aliphatic heterocycles. The number of halogens is 3. The molecule has 0 radical (unpaired) electrons. The summed E-state index contributed by atoms with van der Waals surface area (Å²) in [5.74, 6) is -0.918. The molecule has 0 bridgehead atoms. The second-order valence-corrected chi connectivity index (χ2v) is 2.40. The minimum atomic E-state index is -2.80. The van der Waals surface area contributed by atoms with Gasteiger partial charge in [-0.2, -0.15) is 9.65 Å². The summed E-state index contributed by atoms with van der Waals surface area (Å²) in [6, 6.07) is 2.20. The molecule has 0 saturated carbocycles. The third-order valence-corrected chi connectivity index (χ3v) is 1.56. The largest absolute Gasteiger partial charge is 0.266 e. The van der Waals surface area contributed by atoms with Crippen LogP contribution < -0.4 is 0 Å². The number of rotatable bonds is 1. The minimum Gasteiger partial charge on any atom is -0.225 e. The molecule has 68 valence electrons. The van der Waals surface area contributed by atoms with Gasteiger partial charge in [0.2, 0.25) is 5.95 Å². The average Bonchev–Trinajstić information content (AvgIpc) is 2.01. The minimum absolute atomic E-state index is 0.147. The summed E-state index contributed by atoms with van der Waals surface area (Å²) in [4.78, 5) is 3.21. The zero-order chi connectivity index (χ0) is 10.0. The first-order valence-corrected chi connectivity index (χ1v) is 3.41. The van der Waals surface area contributed by atoms with Crippen molar-refractivity contribution in [2.45, 2.75) is 13.3 Å². The first kappa shape index (κ1) is 9.52. The Bertz CT molecular complexity index is 368. The summed E-state index contributed by atoms with van der Waals surface area (Å²) >= 11 is 0. The standard InChI is InChI=1S/C8H5F3N2/c1-4-7(8(10)11)5(3-12)2-6(9)13-4/h2,8H,1H3. The van der Waals surface area contributed by atoms with Crippen LogP contribution in [0.2, 0.25) is 0 Å². The molecule has 0 amide bonds. The number of hydrogen-bond donors (Lipinski definition) is 0. The molecule has 0 spiro atoms. The van der Waals surface area contributed by atoms with Crippen molar-refractivity contribution in [3.8, 4) is 6.07 Å². The molecule has 1 aromatic rings. The van der Waals surface area contributed by atoms with E-state index in [9.17, 15) is 13.2 Å². The highest BCUT2D eigenvalue weighted by Gasteiger charge is 2.18. The van der Waals surface area contributed by atoms with E-state index in [2.05, 4.69) is 4.98 Å². The van der Waals surface area contributed by atoms with E-state index >= 15 is 0 Å². The van der Waals surface area contributed by atoms with E-state index < -0.39 is 17.9 Å². The van der Waals surface area contributed by atoms with Crippen LogP contribution in [0.4, 0.5) is 13.2 Å². The van der Waals surface area contributed by atoms with Crippen LogP contribution in [0.25, 0.3) is 0 Å². The van der Waals surface area contributed by atoms with Crippen molar-refractivity contribution in [1.82, 2.24) is 4.98 Å². The average molecular weight is 186 g/mol. The Morgan fingerprint density at radius 1 is 1.54 bits per heavy atom. The summed E-state index contributed by atoms with van der Waals surface area (Å²) < 4.78 is 37.1. The third kappa shape index (κ3) is 1.78. The number of nitrogens with zero attached hydrogens (tertiary/aromatic N) is 2. The molecule has 0 aromatic carbocycles. The molecule has 1 aromatic heterocycles. The summed E-state index contributed by atoms with van der Waals surface area (Å²) in [7, 11) is 0. The van der Waals surface area contributed by atoms with E-state index in [0.29, 0.717) is 6.07 Å². The van der Waals surface area contributed by atoms with Crippen molar-refractivity contribution in [2.24, 2.45) is 0 Å². The predicted molar refractivity (Wildman–Crippen MR) is 38.6 cm³/mol. The van der Waals surface area contributed by atoms with Crippen LogP contribution >= 0.6 is 0 Å². The number of nitriles is 1.